The second-order valence-electron chi connectivity index (χ2n) is 7.70. The van der Waals surface area contributed by atoms with Gasteiger partial charge in [-0.05, 0) is 44.5 Å². The van der Waals surface area contributed by atoms with E-state index in [1.807, 2.05) is 84.9 Å². The Morgan fingerprint density at radius 3 is 1.22 bits per heavy atom. The monoisotopic (exact) mass is 434 g/mol. The summed E-state index contributed by atoms with van der Waals surface area (Å²) in [5.41, 5.74) is 0. The Bertz CT molecular complexity index is 1490. The van der Waals surface area contributed by atoms with Crippen LogP contribution in [0.5, 0.6) is 11.5 Å². The lowest BCUT2D eigenvalue weighted by atomic mass is 10.0. The topological polar surface area (TPSA) is 38.7 Å². The van der Waals surface area contributed by atoms with Crippen molar-refractivity contribution in [2.24, 2.45) is 0 Å². The predicted octanol–water partition coefficient (Wildman–Crippen LogP) is 7.98. The van der Waals surface area contributed by atoms with Crippen LogP contribution in [0.15, 0.2) is 109 Å². The highest BCUT2D eigenvalue weighted by atomic mass is 31.2. The van der Waals surface area contributed by atoms with Gasteiger partial charge < -0.3 is 13.9 Å². The summed E-state index contributed by atoms with van der Waals surface area (Å²) >= 11 is 0. The van der Waals surface area contributed by atoms with E-state index in [2.05, 4.69) is 24.3 Å². The quantitative estimate of drug-likeness (QED) is 0.226. The molecule has 3 nitrogen and oxygen atoms in total. The second-order valence-corrected chi connectivity index (χ2v) is 8.54. The summed E-state index contributed by atoms with van der Waals surface area (Å²) in [7, 11) is -2.19. The zero-order valence-corrected chi connectivity index (χ0v) is 18.0. The van der Waals surface area contributed by atoms with Gasteiger partial charge >= 0.3 is 8.60 Å². The molecule has 6 aromatic rings. The van der Waals surface area contributed by atoms with E-state index in [1.54, 1.807) is 0 Å². The van der Waals surface area contributed by atoms with Crippen LogP contribution in [-0.4, -0.2) is 4.89 Å². The Kier molecular flexibility index (Phi) is 4.65. The van der Waals surface area contributed by atoms with Crippen molar-refractivity contribution in [2.45, 2.75) is 0 Å². The van der Waals surface area contributed by atoms with Gasteiger partial charge in [-0.25, -0.2) is 0 Å². The van der Waals surface area contributed by atoms with Crippen molar-refractivity contribution < 1.29 is 13.9 Å². The average Bonchev–Trinajstić information content (AvgIpc) is 2.84. The standard InChI is InChI=1S/C28H19O3P/c29-32(30-27-17-19-9-1-3-11-21(19)23-13-5-7-15-25(23)27)31-28-18-20-10-2-4-12-22(20)24-14-6-8-16-26(24)28/h1-18,29H. The minimum absolute atomic E-state index is 0.609. The first kappa shape index (κ1) is 19.1. The van der Waals surface area contributed by atoms with E-state index in [-0.39, 0.29) is 0 Å². The molecular formula is C28H19O3P. The molecule has 6 aromatic carbocycles. The predicted molar refractivity (Wildman–Crippen MR) is 133 cm³/mol. The van der Waals surface area contributed by atoms with Crippen molar-refractivity contribution in [3.63, 3.8) is 0 Å². The van der Waals surface area contributed by atoms with E-state index in [1.165, 1.54) is 0 Å². The van der Waals surface area contributed by atoms with Crippen molar-refractivity contribution in [3.8, 4) is 11.5 Å². The Hall–Kier alpha value is -3.65. The van der Waals surface area contributed by atoms with E-state index in [4.69, 9.17) is 9.05 Å². The third-order valence-corrected chi connectivity index (χ3v) is 6.52. The molecule has 0 aliphatic heterocycles. The van der Waals surface area contributed by atoms with Gasteiger partial charge in [0, 0.05) is 10.8 Å². The highest BCUT2D eigenvalue weighted by molar-refractivity contribution is 7.41. The molecule has 0 aliphatic rings. The minimum Gasteiger partial charge on any atom is -0.417 e. The molecule has 0 radical (unpaired) electrons. The summed E-state index contributed by atoms with van der Waals surface area (Å²) in [6.07, 6.45) is 0. The summed E-state index contributed by atoms with van der Waals surface area (Å²) in [5, 5.41) is 8.47. The molecule has 0 amide bonds. The largest absolute Gasteiger partial charge is 0.460 e. The van der Waals surface area contributed by atoms with Gasteiger partial charge in [0.15, 0.2) is 0 Å². The number of rotatable bonds is 4. The SMILES string of the molecule is OP(Oc1cc2ccccc2c2ccccc12)Oc1cc2ccccc2c2ccccc12. The Morgan fingerprint density at radius 2 is 0.781 bits per heavy atom. The van der Waals surface area contributed by atoms with Gasteiger partial charge in [-0.2, -0.15) is 0 Å². The van der Waals surface area contributed by atoms with Crippen LogP contribution in [0, 0.1) is 0 Å². The number of fused-ring (bicyclic) bond motifs is 6. The van der Waals surface area contributed by atoms with Gasteiger partial charge in [-0.1, -0.05) is 97.1 Å². The van der Waals surface area contributed by atoms with Crippen LogP contribution in [0.2, 0.25) is 0 Å². The molecule has 0 spiro atoms. The van der Waals surface area contributed by atoms with Gasteiger partial charge in [0.1, 0.15) is 11.5 Å². The normalized spacial score (nSPS) is 11.6. The molecule has 6 rings (SSSR count). The first-order chi connectivity index (χ1) is 15.8. The summed E-state index contributed by atoms with van der Waals surface area (Å²) in [4.78, 5) is 10.8. The van der Waals surface area contributed by atoms with Crippen LogP contribution in [0.25, 0.3) is 43.1 Å². The Balaban J connectivity index is 1.41. The molecule has 0 saturated carbocycles. The van der Waals surface area contributed by atoms with Crippen molar-refractivity contribution >= 4 is 51.7 Å². The Morgan fingerprint density at radius 1 is 0.438 bits per heavy atom. The molecule has 1 N–H and O–H groups in total. The zero-order chi connectivity index (χ0) is 21.5. The highest BCUT2D eigenvalue weighted by Gasteiger charge is 2.17. The van der Waals surface area contributed by atoms with E-state index in [0.29, 0.717) is 11.5 Å². The van der Waals surface area contributed by atoms with Crippen molar-refractivity contribution in [3.05, 3.63) is 109 Å². The molecule has 0 unspecified atom stereocenters. The highest BCUT2D eigenvalue weighted by Crippen LogP contribution is 2.44. The number of hydrogen-bond acceptors (Lipinski definition) is 3. The molecule has 0 bridgehead atoms. The van der Waals surface area contributed by atoms with Gasteiger partial charge in [0.05, 0.1) is 0 Å². The van der Waals surface area contributed by atoms with E-state index >= 15 is 0 Å². The molecule has 0 saturated heterocycles. The molecule has 4 heteroatoms. The van der Waals surface area contributed by atoms with Gasteiger partial charge in [0.25, 0.3) is 0 Å². The van der Waals surface area contributed by atoms with Crippen LogP contribution in [0.4, 0.5) is 0 Å². The van der Waals surface area contributed by atoms with E-state index < -0.39 is 8.60 Å². The van der Waals surface area contributed by atoms with Gasteiger partial charge in [-0.15, -0.1) is 0 Å². The van der Waals surface area contributed by atoms with E-state index in [9.17, 15) is 4.89 Å². The van der Waals surface area contributed by atoms with Crippen molar-refractivity contribution in [2.75, 3.05) is 0 Å². The fourth-order valence-corrected chi connectivity index (χ4v) is 5.05. The lowest BCUT2D eigenvalue weighted by Gasteiger charge is -2.17. The van der Waals surface area contributed by atoms with Gasteiger partial charge in [-0.3, -0.25) is 0 Å². The third-order valence-electron chi connectivity index (χ3n) is 5.81. The van der Waals surface area contributed by atoms with Gasteiger partial charge in [0.2, 0.25) is 0 Å². The molecule has 154 valence electrons. The maximum Gasteiger partial charge on any atom is 0.460 e. The van der Waals surface area contributed by atoms with Crippen LogP contribution in [0.3, 0.4) is 0 Å². The first-order valence-corrected chi connectivity index (χ1v) is 11.6. The van der Waals surface area contributed by atoms with Crippen molar-refractivity contribution in [1.29, 1.82) is 0 Å². The molecule has 0 aromatic heterocycles. The molecule has 0 atom stereocenters. The van der Waals surface area contributed by atoms with Crippen LogP contribution in [0.1, 0.15) is 0 Å². The zero-order valence-electron chi connectivity index (χ0n) is 17.1. The molecule has 32 heavy (non-hydrogen) atoms. The average molecular weight is 434 g/mol. The second kappa shape index (κ2) is 7.80. The lowest BCUT2D eigenvalue weighted by molar-refractivity contribution is 0.385. The smallest absolute Gasteiger partial charge is 0.417 e. The Labute approximate surface area is 186 Å². The first-order valence-electron chi connectivity index (χ1n) is 10.4. The van der Waals surface area contributed by atoms with Crippen molar-refractivity contribution in [1.82, 2.24) is 0 Å². The fraction of sp³-hybridized carbons (Fsp3) is 0. The third kappa shape index (κ3) is 3.23. The fourth-order valence-electron chi connectivity index (χ4n) is 4.38. The summed E-state index contributed by atoms with van der Waals surface area (Å²) in [5.74, 6) is 1.22. The molecule has 0 fully saturated rings. The van der Waals surface area contributed by atoms with E-state index in [0.717, 1.165) is 43.1 Å². The molecule has 0 aliphatic carbocycles. The van der Waals surface area contributed by atoms with Crippen LogP contribution < -0.4 is 9.05 Å². The molecule has 0 heterocycles. The maximum absolute atomic E-state index is 10.8. The number of hydrogen-bond donors (Lipinski definition) is 1. The summed E-state index contributed by atoms with van der Waals surface area (Å²) in [6, 6.07) is 36.4. The summed E-state index contributed by atoms with van der Waals surface area (Å²) in [6.45, 7) is 0. The lowest BCUT2D eigenvalue weighted by Crippen LogP contribution is -1.96. The van der Waals surface area contributed by atoms with Crippen LogP contribution in [-0.2, 0) is 0 Å². The molecular weight excluding hydrogens is 415 g/mol. The summed E-state index contributed by atoms with van der Waals surface area (Å²) < 4.78 is 12.0. The maximum atomic E-state index is 10.8. The number of benzene rings is 6. The minimum atomic E-state index is -2.19. The van der Waals surface area contributed by atoms with Crippen LogP contribution >= 0.6 is 8.60 Å².